The number of carbonyl (C=O) groups excluding carboxylic acids is 3. The highest BCUT2D eigenvalue weighted by molar-refractivity contribution is 6.15. The van der Waals surface area contributed by atoms with Gasteiger partial charge < -0.3 is 14.5 Å². The number of nitrogens with zero attached hydrogens (tertiary/aromatic N) is 2. The summed E-state index contributed by atoms with van der Waals surface area (Å²) in [6.07, 6.45) is 0. The monoisotopic (exact) mass is 442 g/mol. The van der Waals surface area contributed by atoms with Crippen LogP contribution >= 0.6 is 0 Å². The number of hydrogen-bond acceptors (Lipinski definition) is 4. The van der Waals surface area contributed by atoms with Gasteiger partial charge in [0.2, 0.25) is 0 Å². The van der Waals surface area contributed by atoms with Crippen LogP contribution < -0.4 is 4.74 Å². The van der Waals surface area contributed by atoms with E-state index in [9.17, 15) is 14.4 Å². The van der Waals surface area contributed by atoms with Crippen molar-refractivity contribution >= 4 is 17.6 Å². The molecule has 0 radical (unpaired) electrons. The maximum atomic E-state index is 13.3. The summed E-state index contributed by atoms with van der Waals surface area (Å²) in [5.41, 5.74) is 2.99. The molecule has 6 nitrogen and oxygen atoms in total. The molecular formula is C27H26N2O4. The lowest BCUT2D eigenvalue weighted by atomic mass is 9.97. The summed E-state index contributed by atoms with van der Waals surface area (Å²) < 4.78 is 5.14. The van der Waals surface area contributed by atoms with Crippen molar-refractivity contribution in [2.45, 2.75) is 6.92 Å². The number of ether oxygens (including phenoxy) is 1. The normalized spacial score (nSPS) is 13.5. The van der Waals surface area contributed by atoms with E-state index in [4.69, 9.17) is 4.74 Å². The van der Waals surface area contributed by atoms with Gasteiger partial charge in [0.15, 0.2) is 5.78 Å². The van der Waals surface area contributed by atoms with E-state index in [2.05, 4.69) is 0 Å². The van der Waals surface area contributed by atoms with E-state index in [1.165, 1.54) is 0 Å². The molecule has 0 saturated carbocycles. The highest BCUT2D eigenvalue weighted by Crippen LogP contribution is 2.19. The fourth-order valence-electron chi connectivity index (χ4n) is 3.93. The second-order valence-electron chi connectivity index (χ2n) is 8.05. The van der Waals surface area contributed by atoms with Crippen LogP contribution in [0.4, 0.5) is 0 Å². The van der Waals surface area contributed by atoms with Gasteiger partial charge in [-0.05, 0) is 37.3 Å². The Balaban J connectivity index is 1.45. The van der Waals surface area contributed by atoms with Crippen molar-refractivity contribution in [2.24, 2.45) is 0 Å². The number of aryl methyl sites for hydroxylation is 1. The number of benzene rings is 3. The maximum absolute atomic E-state index is 13.3. The van der Waals surface area contributed by atoms with Gasteiger partial charge in [-0.1, -0.05) is 48.0 Å². The van der Waals surface area contributed by atoms with Crippen molar-refractivity contribution in [1.82, 2.24) is 9.80 Å². The van der Waals surface area contributed by atoms with Crippen molar-refractivity contribution in [3.63, 3.8) is 0 Å². The molecular weight excluding hydrogens is 416 g/mol. The van der Waals surface area contributed by atoms with Crippen LogP contribution in [0.25, 0.3) is 0 Å². The first-order valence-corrected chi connectivity index (χ1v) is 10.9. The highest BCUT2D eigenvalue weighted by Gasteiger charge is 2.28. The fraction of sp³-hybridized carbons (Fsp3) is 0.222. The number of ketones is 1. The molecule has 1 heterocycles. The molecule has 0 spiro atoms. The van der Waals surface area contributed by atoms with Gasteiger partial charge in [-0.25, -0.2) is 0 Å². The Morgan fingerprint density at radius 3 is 1.76 bits per heavy atom. The SMILES string of the molecule is COc1ccc(C(=O)N2CCN(C(=O)c3ccccc3C(=O)c3ccc(C)cc3)CC2)cc1. The summed E-state index contributed by atoms with van der Waals surface area (Å²) in [6.45, 7) is 3.65. The zero-order valence-electron chi connectivity index (χ0n) is 18.8. The smallest absolute Gasteiger partial charge is 0.254 e. The minimum Gasteiger partial charge on any atom is -0.497 e. The van der Waals surface area contributed by atoms with E-state index in [0.717, 1.165) is 5.56 Å². The van der Waals surface area contributed by atoms with E-state index >= 15 is 0 Å². The van der Waals surface area contributed by atoms with Gasteiger partial charge in [0, 0.05) is 42.9 Å². The summed E-state index contributed by atoms with van der Waals surface area (Å²) >= 11 is 0. The molecule has 0 N–H and O–H groups in total. The van der Waals surface area contributed by atoms with Crippen molar-refractivity contribution in [1.29, 1.82) is 0 Å². The van der Waals surface area contributed by atoms with Crippen LogP contribution in [0.15, 0.2) is 72.8 Å². The second kappa shape index (κ2) is 9.69. The first kappa shape index (κ1) is 22.3. The van der Waals surface area contributed by atoms with Crippen molar-refractivity contribution in [3.05, 3.63) is 101 Å². The Labute approximate surface area is 193 Å². The minimum atomic E-state index is -0.192. The first-order valence-electron chi connectivity index (χ1n) is 10.9. The third-order valence-electron chi connectivity index (χ3n) is 5.91. The Bertz CT molecular complexity index is 1160. The lowest BCUT2D eigenvalue weighted by Gasteiger charge is -2.35. The molecule has 1 saturated heterocycles. The van der Waals surface area contributed by atoms with Crippen LogP contribution in [0.3, 0.4) is 0 Å². The van der Waals surface area contributed by atoms with Crippen LogP contribution in [0, 0.1) is 6.92 Å². The summed E-state index contributed by atoms with van der Waals surface area (Å²) in [6, 6.07) is 21.3. The van der Waals surface area contributed by atoms with E-state index in [1.54, 1.807) is 77.6 Å². The molecule has 0 atom stereocenters. The van der Waals surface area contributed by atoms with Gasteiger partial charge in [-0.2, -0.15) is 0 Å². The number of methoxy groups -OCH3 is 1. The topological polar surface area (TPSA) is 66.9 Å². The van der Waals surface area contributed by atoms with Crippen molar-refractivity contribution < 1.29 is 19.1 Å². The lowest BCUT2D eigenvalue weighted by Crippen LogP contribution is -2.50. The molecule has 2 amide bonds. The molecule has 1 aliphatic rings. The molecule has 3 aromatic carbocycles. The molecule has 4 rings (SSSR count). The molecule has 0 aromatic heterocycles. The zero-order chi connectivity index (χ0) is 23.4. The zero-order valence-corrected chi connectivity index (χ0v) is 18.8. The first-order chi connectivity index (χ1) is 16.0. The summed E-state index contributed by atoms with van der Waals surface area (Å²) in [5.74, 6) is 0.260. The van der Waals surface area contributed by atoms with Crippen LogP contribution in [0.5, 0.6) is 5.75 Å². The number of rotatable bonds is 5. The number of amides is 2. The van der Waals surface area contributed by atoms with Crippen LogP contribution in [0.1, 0.15) is 42.2 Å². The Kier molecular flexibility index (Phi) is 6.54. The maximum Gasteiger partial charge on any atom is 0.254 e. The highest BCUT2D eigenvalue weighted by atomic mass is 16.5. The van der Waals surface area contributed by atoms with Crippen LogP contribution in [0.2, 0.25) is 0 Å². The summed E-state index contributed by atoms with van der Waals surface area (Å²) in [7, 11) is 1.58. The molecule has 168 valence electrons. The molecule has 6 heteroatoms. The molecule has 3 aromatic rings. The van der Waals surface area contributed by atoms with Gasteiger partial charge in [-0.15, -0.1) is 0 Å². The van der Waals surface area contributed by atoms with E-state index in [-0.39, 0.29) is 17.6 Å². The predicted molar refractivity (Wildman–Crippen MR) is 126 cm³/mol. The largest absolute Gasteiger partial charge is 0.497 e. The molecule has 0 unspecified atom stereocenters. The van der Waals surface area contributed by atoms with Crippen molar-refractivity contribution in [3.8, 4) is 5.75 Å². The van der Waals surface area contributed by atoms with E-state index in [0.29, 0.717) is 54.2 Å². The van der Waals surface area contributed by atoms with Gasteiger partial charge in [-0.3, -0.25) is 14.4 Å². The predicted octanol–water partition coefficient (Wildman–Crippen LogP) is 3.83. The Morgan fingerprint density at radius 2 is 1.18 bits per heavy atom. The lowest BCUT2D eigenvalue weighted by molar-refractivity contribution is 0.0534. The fourth-order valence-corrected chi connectivity index (χ4v) is 3.93. The number of carbonyl (C=O) groups is 3. The minimum absolute atomic E-state index is 0.0697. The molecule has 1 fully saturated rings. The third-order valence-corrected chi connectivity index (χ3v) is 5.91. The molecule has 0 bridgehead atoms. The second-order valence-corrected chi connectivity index (χ2v) is 8.05. The molecule has 33 heavy (non-hydrogen) atoms. The summed E-state index contributed by atoms with van der Waals surface area (Å²) in [5, 5.41) is 0. The third kappa shape index (κ3) is 4.80. The Morgan fingerprint density at radius 1 is 0.667 bits per heavy atom. The molecule has 1 aliphatic heterocycles. The van der Waals surface area contributed by atoms with Gasteiger partial charge in [0.05, 0.1) is 12.7 Å². The van der Waals surface area contributed by atoms with Gasteiger partial charge in [0.25, 0.3) is 11.8 Å². The number of piperazine rings is 1. The van der Waals surface area contributed by atoms with E-state index in [1.807, 2.05) is 19.1 Å². The van der Waals surface area contributed by atoms with Gasteiger partial charge in [0.1, 0.15) is 5.75 Å². The average Bonchev–Trinajstić information content (AvgIpc) is 2.88. The van der Waals surface area contributed by atoms with E-state index < -0.39 is 0 Å². The van der Waals surface area contributed by atoms with Crippen LogP contribution in [-0.4, -0.2) is 60.7 Å². The van der Waals surface area contributed by atoms with Gasteiger partial charge >= 0.3 is 0 Å². The Hall–Kier alpha value is -3.93. The quantitative estimate of drug-likeness (QED) is 0.563. The standard InChI is InChI=1S/C27H26N2O4/c1-19-7-9-20(10-8-19)25(30)23-5-3-4-6-24(23)27(32)29-17-15-28(16-18-29)26(31)21-11-13-22(33-2)14-12-21/h3-14H,15-18H2,1-2H3. The number of hydrogen-bond donors (Lipinski definition) is 0. The van der Waals surface area contributed by atoms with Crippen LogP contribution in [-0.2, 0) is 0 Å². The summed E-state index contributed by atoms with van der Waals surface area (Å²) in [4.78, 5) is 42.6. The van der Waals surface area contributed by atoms with Crippen molar-refractivity contribution in [2.75, 3.05) is 33.3 Å². The average molecular weight is 443 g/mol. The molecule has 0 aliphatic carbocycles.